The Morgan fingerprint density at radius 2 is 1.81 bits per heavy atom. The molecule has 5 N–H and O–H groups in total. The van der Waals surface area contributed by atoms with Crippen LogP contribution in [0.5, 0.6) is 0 Å². The second kappa shape index (κ2) is 11.0. The van der Waals surface area contributed by atoms with Gasteiger partial charge in [-0.15, -0.1) is 0 Å². The molecule has 1 saturated heterocycles. The van der Waals surface area contributed by atoms with Gasteiger partial charge in [0.15, 0.2) is 6.23 Å². The number of ether oxygens (including phenoxy) is 2. The van der Waals surface area contributed by atoms with Gasteiger partial charge in [-0.1, -0.05) is 0 Å². The fourth-order valence-electron chi connectivity index (χ4n) is 2.45. The molecule has 0 spiro atoms. The van der Waals surface area contributed by atoms with E-state index in [1.54, 1.807) is 0 Å². The zero-order valence-corrected chi connectivity index (χ0v) is 17.6. The van der Waals surface area contributed by atoms with Gasteiger partial charge in [0.05, 0.1) is 26.4 Å². The van der Waals surface area contributed by atoms with Crippen molar-refractivity contribution in [2.24, 2.45) is 5.73 Å². The molecule has 0 aromatic carbocycles. The summed E-state index contributed by atoms with van der Waals surface area (Å²) in [6, 6.07) is 0.959. The standard InChI is InChI=1S/C13H23N3O13P2/c14-2-4-25-5-6-26-30(21,22)29-31(23,24)27-7-8-10(18)11(19)12(28-8)16-3-1-9(17)15-13(16)20/h1,3,8,10-12,18-19H,2,4-7,14H2,(H,21,22)(H,23,24)(H,15,17,20)/p-2. The molecule has 178 valence electrons. The lowest BCUT2D eigenvalue weighted by Gasteiger charge is -2.31. The van der Waals surface area contributed by atoms with Crippen LogP contribution in [0, 0.1) is 0 Å². The van der Waals surface area contributed by atoms with E-state index in [1.165, 1.54) is 0 Å². The molecular formula is C13H21N3O13P2-2. The lowest BCUT2D eigenvalue weighted by molar-refractivity contribution is -0.245. The average Bonchev–Trinajstić information content (AvgIpc) is 2.94. The number of aromatic nitrogens is 2. The molecule has 2 heterocycles. The highest BCUT2D eigenvalue weighted by atomic mass is 31.3. The van der Waals surface area contributed by atoms with Gasteiger partial charge in [-0.05, 0) is 0 Å². The van der Waals surface area contributed by atoms with Gasteiger partial charge in [0, 0.05) is 18.8 Å². The molecule has 2 rings (SSSR count). The van der Waals surface area contributed by atoms with Gasteiger partial charge in [0.2, 0.25) is 0 Å². The van der Waals surface area contributed by atoms with Gasteiger partial charge >= 0.3 is 5.69 Å². The second-order valence-electron chi connectivity index (χ2n) is 6.07. The number of phosphoric ester groups is 2. The fraction of sp³-hybridized carbons (Fsp3) is 0.692. The molecule has 16 nitrogen and oxygen atoms in total. The van der Waals surface area contributed by atoms with E-state index in [0.717, 1.165) is 16.8 Å². The Kier molecular flexibility index (Phi) is 9.27. The summed E-state index contributed by atoms with van der Waals surface area (Å²) in [7, 11) is -10.8. The highest BCUT2D eigenvalue weighted by molar-refractivity contribution is 7.59. The van der Waals surface area contributed by atoms with Crippen molar-refractivity contribution in [3.8, 4) is 0 Å². The van der Waals surface area contributed by atoms with Crippen molar-refractivity contribution in [1.29, 1.82) is 0 Å². The molecule has 0 aliphatic carbocycles. The van der Waals surface area contributed by atoms with Crippen LogP contribution in [0.25, 0.3) is 0 Å². The highest BCUT2D eigenvalue weighted by Gasteiger charge is 2.44. The van der Waals surface area contributed by atoms with Crippen LogP contribution in [0.1, 0.15) is 6.23 Å². The van der Waals surface area contributed by atoms with Gasteiger partial charge in [-0.25, -0.2) is 9.11 Å². The number of rotatable bonds is 12. The van der Waals surface area contributed by atoms with Gasteiger partial charge in [0.25, 0.3) is 21.2 Å². The third-order valence-electron chi connectivity index (χ3n) is 3.80. The number of nitrogens with two attached hydrogens (primary N) is 1. The van der Waals surface area contributed by atoms with E-state index in [-0.39, 0.29) is 19.8 Å². The van der Waals surface area contributed by atoms with Crippen molar-refractivity contribution >= 4 is 15.6 Å². The Bertz CT molecular complexity index is 936. The van der Waals surface area contributed by atoms with E-state index < -0.39 is 64.6 Å². The Morgan fingerprint density at radius 3 is 2.45 bits per heavy atom. The van der Waals surface area contributed by atoms with Crippen LogP contribution in [0.2, 0.25) is 0 Å². The second-order valence-corrected chi connectivity index (χ2v) is 9.03. The lowest BCUT2D eigenvalue weighted by atomic mass is 10.1. The highest BCUT2D eigenvalue weighted by Crippen LogP contribution is 2.55. The quantitative estimate of drug-likeness (QED) is 0.162. The molecule has 0 amide bonds. The molecule has 1 aliphatic rings. The minimum Gasteiger partial charge on any atom is -0.756 e. The van der Waals surface area contributed by atoms with Gasteiger partial charge in [-0.3, -0.25) is 23.5 Å². The Balaban J connectivity index is 1.92. The van der Waals surface area contributed by atoms with Gasteiger partial charge < -0.3 is 44.3 Å². The van der Waals surface area contributed by atoms with E-state index >= 15 is 0 Å². The summed E-state index contributed by atoms with van der Waals surface area (Å²) in [4.78, 5) is 48.1. The summed E-state index contributed by atoms with van der Waals surface area (Å²) in [5.41, 5.74) is 3.49. The summed E-state index contributed by atoms with van der Waals surface area (Å²) in [6.07, 6.45) is -5.41. The SMILES string of the molecule is NCCOCCOP(=O)([O-])OP(=O)([O-])OCC1OC(n2ccc(=O)[nH]c2=O)C(O)C1O. The molecule has 1 aromatic heterocycles. The number of hydrogen-bond donors (Lipinski definition) is 4. The van der Waals surface area contributed by atoms with Crippen LogP contribution in [0.15, 0.2) is 21.9 Å². The minimum absolute atomic E-state index is 0.137. The molecule has 0 saturated carbocycles. The molecular weight excluding hydrogens is 468 g/mol. The zero-order chi connectivity index (χ0) is 23.2. The smallest absolute Gasteiger partial charge is 0.330 e. The Labute approximate surface area is 174 Å². The number of aliphatic hydroxyl groups excluding tert-OH is 2. The summed E-state index contributed by atoms with van der Waals surface area (Å²) < 4.78 is 46.7. The molecule has 1 aromatic rings. The first kappa shape index (κ1) is 26.0. The first-order valence-corrected chi connectivity index (χ1v) is 11.6. The van der Waals surface area contributed by atoms with Gasteiger partial charge in [0.1, 0.15) is 18.3 Å². The molecule has 31 heavy (non-hydrogen) atoms. The number of H-pyrrole nitrogens is 1. The van der Waals surface area contributed by atoms with Crippen LogP contribution in [-0.4, -0.2) is 71.0 Å². The normalized spacial score (nSPS) is 27.6. The Hall–Kier alpha value is -1.26. The monoisotopic (exact) mass is 489 g/mol. The topological polar surface area (TPSA) is 248 Å². The van der Waals surface area contributed by atoms with Crippen molar-refractivity contribution in [3.63, 3.8) is 0 Å². The molecule has 6 atom stereocenters. The number of aliphatic hydroxyl groups is 2. The third kappa shape index (κ3) is 7.68. The van der Waals surface area contributed by atoms with Gasteiger partial charge in [-0.2, -0.15) is 0 Å². The maximum absolute atomic E-state index is 11.8. The molecule has 1 fully saturated rings. The number of aromatic amines is 1. The maximum Gasteiger partial charge on any atom is 0.330 e. The fourth-order valence-corrected chi connectivity index (χ4v) is 4.44. The first-order valence-electron chi connectivity index (χ1n) is 8.69. The number of nitrogens with one attached hydrogen (secondary N) is 1. The first-order chi connectivity index (χ1) is 14.5. The van der Waals surface area contributed by atoms with Crippen molar-refractivity contribution < 1.29 is 52.0 Å². The molecule has 1 aliphatic heterocycles. The predicted octanol–water partition coefficient (Wildman–Crippen LogP) is -3.88. The van der Waals surface area contributed by atoms with Crippen molar-refractivity contribution in [3.05, 3.63) is 33.1 Å². The lowest BCUT2D eigenvalue weighted by Crippen LogP contribution is -2.37. The van der Waals surface area contributed by atoms with Crippen LogP contribution in [-0.2, 0) is 32.0 Å². The van der Waals surface area contributed by atoms with Crippen LogP contribution in [0.3, 0.4) is 0 Å². The molecule has 0 bridgehead atoms. The number of phosphoric acid groups is 2. The van der Waals surface area contributed by atoms with Crippen molar-refractivity contribution in [1.82, 2.24) is 9.55 Å². The summed E-state index contributed by atoms with van der Waals surface area (Å²) in [6.45, 7) is -1.36. The van der Waals surface area contributed by atoms with E-state index in [0.29, 0.717) is 0 Å². The van der Waals surface area contributed by atoms with Crippen molar-refractivity contribution in [2.75, 3.05) is 33.0 Å². The van der Waals surface area contributed by atoms with Crippen molar-refractivity contribution in [2.45, 2.75) is 24.5 Å². The van der Waals surface area contributed by atoms with E-state index in [4.69, 9.17) is 15.2 Å². The molecule has 0 radical (unpaired) electrons. The predicted molar refractivity (Wildman–Crippen MR) is 95.3 cm³/mol. The molecule has 18 heteroatoms. The molecule has 6 unspecified atom stereocenters. The summed E-state index contributed by atoms with van der Waals surface area (Å²) in [5, 5.41) is 20.1. The largest absolute Gasteiger partial charge is 0.756 e. The zero-order valence-electron chi connectivity index (χ0n) is 15.8. The summed E-state index contributed by atoms with van der Waals surface area (Å²) in [5.74, 6) is 0. The number of nitrogens with zero attached hydrogens (tertiary/aromatic N) is 1. The van der Waals surface area contributed by atoms with E-state index in [1.807, 2.05) is 4.98 Å². The maximum atomic E-state index is 11.8. The Morgan fingerprint density at radius 1 is 1.13 bits per heavy atom. The van der Waals surface area contributed by atoms with E-state index in [9.17, 15) is 38.7 Å². The van der Waals surface area contributed by atoms with Crippen LogP contribution >= 0.6 is 15.6 Å². The van der Waals surface area contributed by atoms with Crippen LogP contribution < -0.4 is 26.8 Å². The van der Waals surface area contributed by atoms with E-state index in [2.05, 4.69) is 13.4 Å². The van der Waals surface area contributed by atoms with Crippen LogP contribution in [0.4, 0.5) is 0 Å². The number of hydrogen-bond acceptors (Lipinski definition) is 14. The third-order valence-corrected chi connectivity index (χ3v) is 6.36. The minimum atomic E-state index is -5.48. The summed E-state index contributed by atoms with van der Waals surface area (Å²) >= 11 is 0. The average molecular weight is 489 g/mol.